The van der Waals surface area contributed by atoms with Gasteiger partial charge < -0.3 is 20.4 Å². The largest absolute Gasteiger partial charge is 0.477 e. The smallest absolute Gasteiger partial charge is 0.354 e. The number of nitrogens with zero attached hydrogens (tertiary/aromatic N) is 4. The van der Waals surface area contributed by atoms with Gasteiger partial charge in [0.1, 0.15) is 22.8 Å². The summed E-state index contributed by atoms with van der Waals surface area (Å²) in [7, 11) is 0. The van der Waals surface area contributed by atoms with Gasteiger partial charge in [-0.2, -0.15) is 0 Å². The zero-order valence-corrected chi connectivity index (χ0v) is 31.2. The molecular formula is C40H28KN4O8. The number of aromatic nitrogens is 4. The Morgan fingerprint density at radius 3 is 0.679 bits per heavy atom. The molecule has 4 aromatic carbocycles. The fraction of sp³-hybridized carbons (Fsp3) is 0. The third kappa shape index (κ3) is 11.0. The van der Waals surface area contributed by atoms with Crippen molar-refractivity contribution in [3.05, 3.63) is 168 Å². The molecule has 4 N–H and O–H groups in total. The van der Waals surface area contributed by atoms with Crippen LogP contribution in [-0.2, 0) is 0 Å². The third-order valence-corrected chi connectivity index (χ3v) is 7.27. The molecule has 0 aliphatic heterocycles. The fourth-order valence-electron chi connectivity index (χ4n) is 4.74. The first-order chi connectivity index (χ1) is 25.1. The number of hydrogen-bond acceptors (Lipinski definition) is 8. The van der Waals surface area contributed by atoms with Crippen LogP contribution >= 0.6 is 0 Å². The van der Waals surface area contributed by atoms with Gasteiger partial charge in [0.15, 0.2) is 0 Å². The average Bonchev–Trinajstić information content (AvgIpc) is 3.17. The SMILES string of the molecule is O=C(O)c1ccc2ccccc2n1.O=C(O)c1ccc2ccccc2n1.O=C(O)c1ccc2ccccc2n1.O=C(O)c1ccc2ccccc2n1.[K]. The first-order valence-electron chi connectivity index (χ1n) is 15.5. The van der Waals surface area contributed by atoms with Crippen LogP contribution in [0.2, 0.25) is 0 Å². The molecule has 0 amide bonds. The molecule has 8 aromatic rings. The van der Waals surface area contributed by atoms with Crippen molar-refractivity contribution in [1.82, 2.24) is 19.9 Å². The minimum atomic E-state index is -0.995. The van der Waals surface area contributed by atoms with Gasteiger partial charge in [-0.1, -0.05) is 97.1 Å². The summed E-state index contributed by atoms with van der Waals surface area (Å²) in [5.41, 5.74) is 3.17. The van der Waals surface area contributed by atoms with Gasteiger partial charge in [-0.25, -0.2) is 39.1 Å². The first kappa shape index (κ1) is 39.8. The molecule has 53 heavy (non-hydrogen) atoms. The molecule has 0 atom stereocenters. The number of para-hydroxylation sites is 4. The van der Waals surface area contributed by atoms with E-state index in [2.05, 4.69) is 19.9 Å². The van der Waals surface area contributed by atoms with Crippen molar-refractivity contribution >= 4 is 119 Å². The molecule has 13 heteroatoms. The van der Waals surface area contributed by atoms with Gasteiger partial charge in [0, 0.05) is 72.9 Å². The van der Waals surface area contributed by atoms with Crippen LogP contribution in [-0.4, -0.2) is 116 Å². The number of rotatable bonds is 4. The topological polar surface area (TPSA) is 201 Å². The Morgan fingerprint density at radius 1 is 0.302 bits per heavy atom. The van der Waals surface area contributed by atoms with Crippen LogP contribution in [0.1, 0.15) is 42.0 Å². The second-order valence-electron chi connectivity index (χ2n) is 10.8. The zero-order chi connectivity index (χ0) is 37.0. The summed E-state index contributed by atoms with van der Waals surface area (Å²) in [6.45, 7) is 0. The van der Waals surface area contributed by atoms with E-state index in [9.17, 15) is 19.2 Å². The van der Waals surface area contributed by atoms with E-state index in [1.54, 1.807) is 48.5 Å². The molecule has 0 unspecified atom stereocenters. The molecule has 4 aromatic heterocycles. The molecule has 257 valence electrons. The molecule has 0 bridgehead atoms. The van der Waals surface area contributed by atoms with Crippen LogP contribution in [0.15, 0.2) is 146 Å². The number of carboxylic acids is 4. The van der Waals surface area contributed by atoms with Crippen molar-refractivity contribution in [2.45, 2.75) is 0 Å². The van der Waals surface area contributed by atoms with Gasteiger partial charge >= 0.3 is 23.9 Å². The monoisotopic (exact) mass is 731 g/mol. The molecule has 4 heterocycles. The summed E-state index contributed by atoms with van der Waals surface area (Å²) < 4.78 is 0. The van der Waals surface area contributed by atoms with Crippen LogP contribution in [0.4, 0.5) is 0 Å². The summed E-state index contributed by atoms with van der Waals surface area (Å²) in [4.78, 5) is 58.2. The predicted molar refractivity (Wildman–Crippen MR) is 201 cm³/mol. The summed E-state index contributed by atoms with van der Waals surface area (Å²) in [6, 6.07) is 42.7. The Bertz CT molecular complexity index is 2220. The Kier molecular flexibility index (Phi) is 14.3. The Labute approximate surface area is 343 Å². The van der Waals surface area contributed by atoms with Crippen molar-refractivity contribution in [1.29, 1.82) is 0 Å². The van der Waals surface area contributed by atoms with Crippen molar-refractivity contribution in [3.8, 4) is 0 Å². The molecule has 0 spiro atoms. The van der Waals surface area contributed by atoms with Gasteiger partial charge in [0.25, 0.3) is 0 Å². The van der Waals surface area contributed by atoms with Gasteiger partial charge in [0.2, 0.25) is 0 Å². The van der Waals surface area contributed by atoms with Crippen LogP contribution in [0, 0.1) is 0 Å². The van der Waals surface area contributed by atoms with E-state index in [4.69, 9.17) is 20.4 Å². The number of pyridine rings is 4. The molecule has 0 saturated carbocycles. The fourth-order valence-corrected chi connectivity index (χ4v) is 4.74. The maximum Gasteiger partial charge on any atom is 0.354 e. The van der Waals surface area contributed by atoms with E-state index < -0.39 is 23.9 Å². The molecule has 0 aliphatic carbocycles. The Hall–Kier alpha value is -5.96. The van der Waals surface area contributed by atoms with Crippen LogP contribution in [0.25, 0.3) is 43.6 Å². The van der Waals surface area contributed by atoms with Gasteiger partial charge in [-0.3, -0.25) is 0 Å². The average molecular weight is 732 g/mol. The molecule has 8 rings (SSSR count). The van der Waals surface area contributed by atoms with Crippen molar-refractivity contribution in [2.24, 2.45) is 0 Å². The Balaban J connectivity index is 0.000000157. The number of hydrogen-bond donors (Lipinski definition) is 4. The van der Waals surface area contributed by atoms with E-state index in [0.29, 0.717) is 22.1 Å². The number of carbonyl (C=O) groups is 4. The van der Waals surface area contributed by atoms with E-state index in [-0.39, 0.29) is 74.2 Å². The van der Waals surface area contributed by atoms with Crippen LogP contribution in [0.3, 0.4) is 0 Å². The maximum atomic E-state index is 10.6. The second-order valence-corrected chi connectivity index (χ2v) is 10.8. The van der Waals surface area contributed by atoms with E-state index in [1.165, 1.54) is 24.3 Å². The van der Waals surface area contributed by atoms with Crippen molar-refractivity contribution < 1.29 is 39.6 Å². The number of benzene rings is 4. The van der Waals surface area contributed by atoms with Crippen LogP contribution in [0.5, 0.6) is 0 Å². The van der Waals surface area contributed by atoms with Crippen molar-refractivity contribution in [2.75, 3.05) is 0 Å². The number of carboxylic acid groups (broad SMARTS) is 4. The van der Waals surface area contributed by atoms with E-state index in [0.717, 1.165) is 21.5 Å². The van der Waals surface area contributed by atoms with E-state index in [1.807, 2.05) is 72.8 Å². The molecule has 0 fully saturated rings. The maximum absolute atomic E-state index is 10.6. The number of aromatic carboxylic acids is 4. The normalized spacial score (nSPS) is 9.96. The number of fused-ring (bicyclic) bond motifs is 4. The predicted octanol–water partition coefficient (Wildman–Crippen LogP) is 7.35. The summed E-state index contributed by atoms with van der Waals surface area (Å²) in [5, 5.41) is 38.5. The minimum absolute atomic E-state index is 0. The summed E-state index contributed by atoms with van der Waals surface area (Å²) in [6.07, 6.45) is 0. The summed E-state index contributed by atoms with van der Waals surface area (Å²) >= 11 is 0. The quantitative estimate of drug-likeness (QED) is 0.131. The van der Waals surface area contributed by atoms with Crippen LogP contribution < -0.4 is 0 Å². The molecule has 1 radical (unpaired) electrons. The molecule has 0 aliphatic rings. The minimum Gasteiger partial charge on any atom is -0.477 e. The molecular weight excluding hydrogens is 704 g/mol. The van der Waals surface area contributed by atoms with E-state index >= 15 is 0 Å². The molecule has 12 nitrogen and oxygen atoms in total. The summed E-state index contributed by atoms with van der Waals surface area (Å²) in [5.74, 6) is -3.98. The van der Waals surface area contributed by atoms with Gasteiger partial charge in [-0.05, 0) is 48.5 Å². The van der Waals surface area contributed by atoms with Gasteiger partial charge in [-0.15, -0.1) is 0 Å². The third-order valence-electron chi connectivity index (χ3n) is 7.27. The molecule has 0 saturated heterocycles. The van der Waals surface area contributed by atoms with Gasteiger partial charge in [0.05, 0.1) is 22.1 Å². The first-order valence-corrected chi connectivity index (χ1v) is 15.5. The second kappa shape index (κ2) is 19.0. The standard InChI is InChI=1S/4C10H7NO2.K/c4*12-10(13)9-6-5-7-3-1-2-4-8(7)11-9;/h4*1-6H,(H,12,13);. The van der Waals surface area contributed by atoms with Crippen molar-refractivity contribution in [3.63, 3.8) is 0 Å². The Morgan fingerprint density at radius 2 is 0.491 bits per heavy atom. The zero-order valence-electron chi connectivity index (χ0n) is 28.1.